The van der Waals surface area contributed by atoms with E-state index < -0.39 is 0 Å². The van der Waals surface area contributed by atoms with Crippen molar-refractivity contribution in [2.45, 2.75) is 12.5 Å². The number of carbonyl (C=O) groups is 1. The number of fused-ring (bicyclic) bond motifs is 4. The van der Waals surface area contributed by atoms with Gasteiger partial charge in [0, 0.05) is 45.4 Å². The molecular formula is C20H14N2O2. The van der Waals surface area contributed by atoms with Gasteiger partial charge in [0.2, 0.25) is 0 Å². The lowest BCUT2D eigenvalue weighted by molar-refractivity contribution is 0.102. The van der Waals surface area contributed by atoms with Gasteiger partial charge >= 0.3 is 0 Å². The molecule has 0 radical (unpaired) electrons. The molecule has 0 fully saturated rings. The van der Waals surface area contributed by atoms with Crippen LogP contribution in [-0.4, -0.2) is 16.8 Å². The van der Waals surface area contributed by atoms with Gasteiger partial charge < -0.3 is 10.3 Å². The monoisotopic (exact) mass is 314 g/mol. The summed E-state index contributed by atoms with van der Waals surface area (Å²) in [5, 5.41) is 4.09. The Morgan fingerprint density at radius 3 is 2.67 bits per heavy atom. The molecule has 24 heavy (non-hydrogen) atoms. The first kappa shape index (κ1) is 13.3. The molecule has 0 spiro atoms. The predicted molar refractivity (Wildman–Crippen MR) is 94.4 cm³/mol. The average Bonchev–Trinajstić information content (AvgIpc) is 2.62. The number of benzene rings is 2. The number of ketones is 1. The minimum absolute atomic E-state index is 0.0361. The van der Waals surface area contributed by atoms with E-state index in [0.29, 0.717) is 22.9 Å². The highest BCUT2D eigenvalue weighted by atomic mass is 16.1. The maximum atomic E-state index is 12.8. The van der Waals surface area contributed by atoms with Crippen LogP contribution in [0.4, 0.5) is 5.69 Å². The molecule has 1 aromatic heterocycles. The fraction of sp³-hybridized carbons (Fsp3) is 0.100. The highest BCUT2D eigenvalue weighted by Gasteiger charge is 2.33. The SMILES string of the molecule is O=C1C2=Cc3[nH]c4ccccc4c(=O)c3CC2Nc2ccccc21. The smallest absolute Gasteiger partial charge is 0.193 e. The molecule has 3 aromatic rings. The molecule has 1 atom stereocenters. The second-order valence-corrected chi connectivity index (χ2v) is 6.27. The van der Waals surface area contributed by atoms with Gasteiger partial charge in [-0.2, -0.15) is 0 Å². The van der Waals surface area contributed by atoms with Crippen LogP contribution in [0.5, 0.6) is 0 Å². The second-order valence-electron chi connectivity index (χ2n) is 6.27. The van der Waals surface area contributed by atoms with Crippen molar-refractivity contribution in [2.24, 2.45) is 0 Å². The number of aromatic amines is 1. The van der Waals surface area contributed by atoms with Gasteiger partial charge in [0.25, 0.3) is 0 Å². The maximum Gasteiger partial charge on any atom is 0.193 e. The molecule has 0 saturated heterocycles. The van der Waals surface area contributed by atoms with Crippen molar-refractivity contribution in [3.63, 3.8) is 0 Å². The molecule has 116 valence electrons. The predicted octanol–water partition coefficient (Wildman–Crippen LogP) is 3.14. The van der Waals surface area contributed by atoms with Crippen molar-refractivity contribution in [3.05, 3.63) is 81.1 Å². The number of hydrogen-bond donors (Lipinski definition) is 2. The van der Waals surface area contributed by atoms with Gasteiger partial charge in [-0.05, 0) is 30.3 Å². The molecule has 5 rings (SSSR count). The van der Waals surface area contributed by atoms with Crippen LogP contribution in [0.3, 0.4) is 0 Å². The Morgan fingerprint density at radius 2 is 1.75 bits per heavy atom. The van der Waals surface area contributed by atoms with Gasteiger partial charge in [0.15, 0.2) is 11.2 Å². The number of nitrogens with one attached hydrogen (secondary N) is 2. The molecular weight excluding hydrogens is 300 g/mol. The van der Waals surface area contributed by atoms with Gasteiger partial charge in [-0.25, -0.2) is 0 Å². The van der Waals surface area contributed by atoms with Crippen LogP contribution in [0, 0.1) is 0 Å². The number of aromatic nitrogens is 1. The van der Waals surface area contributed by atoms with Gasteiger partial charge in [-0.3, -0.25) is 9.59 Å². The Kier molecular flexibility index (Phi) is 2.59. The third kappa shape index (κ3) is 1.74. The van der Waals surface area contributed by atoms with Crippen LogP contribution in [0.25, 0.3) is 17.0 Å². The zero-order chi connectivity index (χ0) is 16.3. The van der Waals surface area contributed by atoms with Crippen molar-refractivity contribution in [1.29, 1.82) is 0 Å². The summed E-state index contributed by atoms with van der Waals surface area (Å²) >= 11 is 0. The van der Waals surface area contributed by atoms with Crippen molar-refractivity contribution < 1.29 is 4.79 Å². The third-order valence-electron chi connectivity index (χ3n) is 4.89. The molecule has 0 amide bonds. The molecule has 0 saturated carbocycles. The standard InChI is InChI=1S/C20H14N2O2/c23-19-11-5-1-3-7-15(11)21-17-10-14-18(9-13(17)19)22-16-8-4-2-6-12(16)20(14)24/h1-9,17,21H,10H2,(H,22,24). The van der Waals surface area contributed by atoms with E-state index in [0.717, 1.165) is 22.5 Å². The minimum Gasteiger partial charge on any atom is -0.377 e. The summed E-state index contributed by atoms with van der Waals surface area (Å²) in [7, 11) is 0. The lowest BCUT2D eigenvalue weighted by Gasteiger charge is -2.31. The normalized spacial score (nSPS) is 18.2. The van der Waals surface area contributed by atoms with E-state index in [2.05, 4.69) is 10.3 Å². The molecule has 2 aliphatic rings. The van der Waals surface area contributed by atoms with Crippen LogP contribution in [0.2, 0.25) is 0 Å². The molecule has 2 heterocycles. The van der Waals surface area contributed by atoms with E-state index >= 15 is 0 Å². The Labute approximate surface area is 137 Å². The number of anilines is 1. The van der Waals surface area contributed by atoms with E-state index in [1.807, 2.05) is 54.6 Å². The second kappa shape index (κ2) is 4.68. The Bertz CT molecular complexity index is 1110. The molecule has 2 aromatic carbocycles. The highest BCUT2D eigenvalue weighted by molar-refractivity contribution is 6.17. The lowest BCUT2D eigenvalue weighted by Crippen LogP contribution is -2.38. The minimum atomic E-state index is -0.151. The number of rotatable bonds is 0. The summed E-state index contributed by atoms with van der Waals surface area (Å²) < 4.78 is 0. The van der Waals surface area contributed by atoms with Crippen LogP contribution >= 0.6 is 0 Å². The summed E-state index contributed by atoms with van der Waals surface area (Å²) in [5.41, 5.74) is 4.57. The first-order chi connectivity index (χ1) is 11.7. The van der Waals surface area contributed by atoms with E-state index in [-0.39, 0.29) is 17.3 Å². The number of hydrogen-bond acceptors (Lipinski definition) is 3. The summed E-state index contributed by atoms with van der Waals surface area (Å²) in [4.78, 5) is 28.9. The van der Waals surface area contributed by atoms with Gasteiger partial charge in [0.05, 0.1) is 6.04 Å². The largest absolute Gasteiger partial charge is 0.377 e. The fourth-order valence-corrected chi connectivity index (χ4v) is 3.69. The number of H-pyrrole nitrogens is 1. The Morgan fingerprint density at radius 1 is 0.958 bits per heavy atom. The van der Waals surface area contributed by atoms with Crippen LogP contribution in [-0.2, 0) is 6.42 Å². The number of Topliss-reactive ketones (excluding diaryl/α,β-unsaturated/α-hetero) is 1. The summed E-state index contributed by atoms with van der Waals surface area (Å²) in [6, 6.07) is 14.9. The first-order valence-electron chi connectivity index (χ1n) is 7.98. The fourth-order valence-electron chi connectivity index (χ4n) is 3.69. The summed E-state index contributed by atoms with van der Waals surface area (Å²) in [6.45, 7) is 0. The van der Waals surface area contributed by atoms with Gasteiger partial charge in [-0.15, -0.1) is 0 Å². The molecule has 4 nitrogen and oxygen atoms in total. The molecule has 4 heteroatoms. The number of carbonyl (C=O) groups excluding carboxylic acids is 1. The molecule has 1 aliphatic carbocycles. The van der Waals surface area contributed by atoms with Gasteiger partial charge in [-0.1, -0.05) is 24.3 Å². The van der Waals surface area contributed by atoms with E-state index in [1.54, 1.807) is 0 Å². The molecule has 1 unspecified atom stereocenters. The van der Waals surface area contributed by atoms with Crippen molar-refractivity contribution in [2.75, 3.05) is 5.32 Å². The van der Waals surface area contributed by atoms with Crippen molar-refractivity contribution in [3.8, 4) is 0 Å². The number of para-hydroxylation sites is 2. The molecule has 0 bridgehead atoms. The summed E-state index contributed by atoms with van der Waals surface area (Å²) in [6.07, 6.45) is 2.35. The van der Waals surface area contributed by atoms with Crippen LogP contribution < -0.4 is 10.7 Å². The Hall–Kier alpha value is -3.14. The average molecular weight is 314 g/mol. The quantitative estimate of drug-likeness (QED) is 0.670. The third-order valence-corrected chi connectivity index (χ3v) is 4.89. The topological polar surface area (TPSA) is 62.0 Å². The van der Waals surface area contributed by atoms with E-state index in [9.17, 15) is 9.59 Å². The van der Waals surface area contributed by atoms with E-state index in [1.165, 1.54) is 0 Å². The maximum absolute atomic E-state index is 12.8. The summed E-state index contributed by atoms with van der Waals surface area (Å²) in [5.74, 6) is 0.0361. The zero-order valence-corrected chi connectivity index (χ0v) is 12.8. The molecule has 2 N–H and O–H groups in total. The first-order valence-corrected chi connectivity index (χ1v) is 7.98. The van der Waals surface area contributed by atoms with E-state index in [4.69, 9.17) is 0 Å². The lowest BCUT2D eigenvalue weighted by atomic mass is 9.83. The van der Waals surface area contributed by atoms with Crippen LogP contribution in [0.1, 0.15) is 21.6 Å². The van der Waals surface area contributed by atoms with Crippen LogP contribution in [0.15, 0.2) is 58.9 Å². The van der Waals surface area contributed by atoms with Crippen molar-refractivity contribution >= 4 is 28.4 Å². The van der Waals surface area contributed by atoms with Gasteiger partial charge in [0.1, 0.15) is 0 Å². The van der Waals surface area contributed by atoms with Crippen molar-refractivity contribution in [1.82, 2.24) is 4.98 Å². The Balaban J connectivity index is 1.75. The number of pyridine rings is 1. The highest BCUT2D eigenvalue weighted by Crippen LogP contribution is 2.33. The molecule has 1 aliphatic heterocycles. The zero-order valence-electron chi connectivity index (χ0n) is 12.8.